The zero-order valence-electron chi connectivity index (χ0n) is 9.95. The van der Waals surface area contributed by atoms with E-state index in [2.05, 4.69) is 9.97 Å². The Kier molecular flexibility index (Phi) is 3.48. The summed E-state index contributed by atoms with van der Waals surface area (Å²) < 4.78 is 1.88. The number of rotatable bonds is 2. The van der Waals surface area contributed by atoms with Gasteiger partial charge in [0.25, 0.3) is 0 Å². The van der Waals surface area contributed by atoms with E-state index in [9.17, 15) is 0 Å². The highest BCUT2D eigenvalue weighted by Crippen LogP contribution is 2.16. The lowest BCUT2D eigenvalue weighted by atomic mass is 10.2. The van der Waals surface area contributed by atoms with E-state index in [0.717, 1.165) is 11.0 Å². The summed E-state index contributed by atoms with van der Waals surface area (Å²) in [7, 11) is 0. The van der Waals surface area contributed by atoms with Gasteiger partial charge in [-0.05, 0) is 24.3 Å². The summed E-state index contributed by atoms with van der Waals surface area (Å²) in [6.45, 7) is 0. The molecule has 3 rings (SSSR count). The molecular weight excluding hydrogens is 262 g/mol. The number of pyridine rings is 1. The molecule has 1 aromatic carbocycles. The van der Waals surface area contributed by atoms with Gasteiger partial charge in [-0.25, -0.2) is 9.97 Å². The summed E-state index contributed by atoms with van der Waals surface area (Å²) in [4.78, 5) is 8.59. The van der Waals surface area contributed by atoms with Gasteiger partial charge in [-0.3, -0.25) is 9.98 Å². The van der Waals surface area contributed by atoms with E-state index in [-0.39, 0.29) is 18.2 Å². The minimum Gasteiger partial charge on any atom is -0.384 e. The Labute approximate surface area is 116 Å². The van der Waals surface area contributed by atoms with Gasteiger partial charge in [0.2, 0.25) is 0 Å². The molecule has 6 heteroatoms. The second kappa shape index (κ2) is 5.07. The molecule has 2 aromatic heterocycles. The molecule has 0 aliphatic rings. The van der Waals surface area contributed by atoms with Gasteiger partial charge < -0.3 is 5.73 Å². The Bertz CT molecular complexity index is 734. The summed E-state index contributed by atoms with van der Waals surface area (Å²) in [5, 5.41) is 7.45. The van der Waals surface area contributed by atoms with E-state index in [1.807, 2.05) is 28.8 Å². The quantitative estimate of drug-likeness (QED) is 0.554. The van der Waals surface area contributed by atoms with Crippen molar-refractivity contribution >= 4 is 29.3 Å². The largest absolute Gasteiger partial charge is 0.384 e. The average molecular weight is 274 g/mol. The molecule has 0 unspecified atom stereocenters. The van der Waals surface area contributed by atoms with E-state index in [0.29, 0.717) is 11.4 Å². The number of nitrogen functional groups attached to an aromatic ring is 1. The normalized spacial score (nSPS) is 10.1. The van der Waals surface area contributed by atoms with Gasteiger partial charge in [0.05, 0.1) is 11.0 Å². The highest BCUT2D eigenvalue weighted by atomic mass is 35.5. The molecule has 0 fully saturated rings. The van der Waals surface area contributed by atoms with E-state index in [1.54, 1.807) is 24.7 Å². The number of hydrogen-bond acceptors (Lipinski definition) is 3. The number of amidine groups is 1. The van der Waals surface area contributed by atoms with Crippen LogP contribution in [0, 0.1) is 5.41 Å². The summed E-state index contributed by atoms with van der Waals surface area (Å²) in [6.07, 6.45) is 3.36. The Balaban J connectivity index is 0.00000133. The summed E-state index contributed by atoms with van der Waals surface area (Å²) in [5.41, 5.74) is 8.02. The first-order chi connectivity index (χ1) is 8.75. The van der Waals surface area contributed by atoms with Gasteiger partial charge >= 0.3 is 0 Å². The van der Waals surface area contributed by atoms with Crippen molar-refractivity contribution in [1.29, 1.82) is 5.41 Å². The summed E-state index contributed by atoms with van der Waals surface area (Å²) >= 11 is 0. The fourth-order valence-electron chi connectivity index (χ4n) is 1.86. The van der Waals surface area contributed by atoms with Crippen LogP contribution in [0.25, 0.3) is 16.9 Å². The smallest absolute Gasteiger partial charge is 0.139 e. The third-order valence-corrected chi connectivity index (χ3v) is 2.76. The van der Waals surface area contributed by atoms with Crippen LogP contribution in [0.5, 0.6) is 0 Å². The second-order valence-electron chi connectivity index (χ2n) is 3.92. The van der Waals surface area contributed by atoms with Crippen LogP contribution in [0.3, 0.4) is 0 Å². The Morgan fingerprint density at radius 3 is 2.74 bits per heavy atom. The molecular formula is C13H12ClN5. The van der Waals surface area contributed by atoms with Crippen molar-refractivity contribution < 1.29 is 0 Å². The third-order valence-electron chi connectivity index (χ3n) is 2.76. The number of hydrogen-bond donors (Lipinski definition) is 2. The number of imidazole rings is 1. The number of aromatic nitrogens is 3. The maximum Gasteiger partial charge on any atom is 0.139 e. The number of para-hydroxylation sites is 2. The van der Waals surface area contributed by atoms with Gasteiger partial charge in [0.15, 0.2) is 0 Å². The highest BCUT2D eigenvalue weighted by Gasteiger charge is 2.06. The van der Waals surface area contributed by atoms with Crippen molar-refractivity contribution in [1.82, 2.24) is 14.5 Å². The Morgan fingerprint density at radius 1 is 1.16 bits per heavy atom. The van der Waals surface area contributed by atoms with Gasteiger partial charge in [-0.15, -0.1) is 12.4 Å². The first-order valence-electron chi connectivity index (χ1n) is 5.48. The van der Waals surface area contributed by atoms with E-state index >= 15 is 0 Å². The molecule has 19 heavy (non-hydrogen) atoms. The molecule has 0 bridgehead atoms. The molecule has 0 spiro atoms. The van der Waals surface area contributed by atoms with Gasteiger partial charge in [0.1, 0.15) is 18.0 Å². The SMILES string of the molecule is Cl.N=C(N)c1ccnc(-n2cnc3ccccc32)c1. The summed E-state index contributed by atoms with van der Waals surface area (Å²) in [5.74, 6) is 0.736. The molecule has 0 radical (unpaired) electrons. The fraction of sp³-hybridized carbons (Fsp3) is 0. The first-order valence-corrected chi connectivity index (χ1v) is 5.48. The zero-order chi connectivity index (χ0) is 12.5. The predicted molar refractivity (Wildman–Crippen MR) is 77.1 cm³/mol. The van der Waals surface area contributed by atoms with E-state index in [4.69, 9.17) is 11.1 Å². The van der Waals surface area contributed by atoms with Crippen LogP contribution in [0.1, 0.15) is 5.56 Å². The lowest BCUT2D eigenvalue weighted by Crippen LogP contribution is -2.11. The number of nitrogens with zero attached hydrogens (tertiary/aromatic N) is 3. The van der Waals surface area contributed by atoms with Crippen molar-refractivity contribution in [2.75, 3.05) is 0 Å². The molecule has 0 aliphatic heterocycles. The van der Waals surface area contributed by atoms with Crippen molar-refractivity contribution in [2.24, 2.45) is 5.73 Å². The minimum atomic E-state index is 0. The van der Waals surface area contributed by atoms with Gasteiger partial charge in [0, 0.05) is 11.8 Å². The van der Waals surface area contributed by atoms with Gasteiger partial charge in [-0.1, -0.05) is 12.1 Å². The molecule has 96 valence electrons. The van der Waals surface area contributed by atoms with Crippen LogP contribution in [0.15, 0.2) is 48.9 Å². The highest BCUT2D eigenvalue weighted by molar-refractivity contribution is 5.95. The third kappa shape index (κ3) is 2.28. The molecule has 0 saturated carbocycles. The van der Waals surface area contributed by atoms with Crippen molar-refractivity contribution in [3.8, 4) is 5.82 Å². The number of nitrogens with two attached hydrogens (primary N) is 1. The van der Waals surface area contributed by atoms with Crippen LogP contribution < -0.4 is 5.73 Å². The maximum absolute atomic E-state index is 7.45. The van der Waals surface area contributed by atoms with E-state index < -0.39 is 0 Å². The molecule has 0 saturated heterocycles. The molecule has 3 N–H and O–H groups in total. The molecule has 0 atom stereocenters. The number of benzene rings is 1. The fourth-order valence-corrected chi connectivity index (χ4v) is 1.86. The van der Waals surface area contributed by atoms with Crippen LogP contribution in [0.2, 0.25) is 0 Å². The van der Waals surface area contributed by atoms with Crippen LogP contribution in [0.4, 0.5) is 0 Å². The molecule has 0 aliphatic carbocycles. The monoisotopic (exact) mass is 273 g/mol. The molecule has 3 aromatic rings. The first kappa shape index (κ1) is 13.0. The predicted octanol–water partition coefficient (Wildman–Crippen LogP) is 2.13. The molecule has 0 amide bonds. The maximum atomic E-state index is 7.45. The Morgan fingerprint density at radius 2 is 1.95 bits per heavy atom. The van der Waals surface area contributed by atoms with Crippen molar-refractivity contribution in [3.63, 3.8) is 0 Å². The topological polar surface area (TPSA) is 80.6 Å². The van der Waals surface area contributed by atoms with Crippen LogP contribution in [-0.2, 0) is 0 Å². The molecule has 2 heterocycles. The van der Waals surface area contributed by atoms with Crippen molar-refractivity contribution in [2.45, 2.75) is 0 Å². The molecule has 5 nitrogen and oxygen atoms in total. The summed E-state index contributed by atoms with van der Waals surface area (Å²) in [6, 6.07) is 11.3. The number of halogens is 1. The van der Waals surface area contributed by atoms with Crippen molar-refractivity contribution in [3.05, 3.63) is 54.5 Å². The van der Waals surface area contributed by atoms with Gasteiger partial charge in [-0.2, -0.15) is 0 Å². The van der Waals surface area contributed by atoms with Crippen LogP contribution >= 0.6 is 12.4 Å². The van der Waals surface area contributed by atoms with E-state index in [1.165, 1.54) is 0 Å². The Hall–Kier alpha value is -2.40. The number of fused-ring (bicyclic) bond motifs is 1. The van der Waals surface area contributed by atoms with Crippen LogP contribution in [-0.4, -0.2) is 20.4 Å². The lowest BCUT2D eigenvalue weighted by Gasteiger charge is -2.05. The zero-order valence-corrected chi connectivity index (χ0v) is 10.8. The minimum absolute atomic E-state index is 0. The number of nitrogens with one attached hydrogen (secondary N) is 1. The standard InChI is InChI=1S/C13H11N5.ClH/c14-13(15)9-5-6-16-12(7-9)18-8-17-10-3-1-2-4-11(10)18;/h1-8H,(H3,14,15);1H. The lowest BCUT2D eigenvalue weighted by molar-refractivity contribution is 1.02. The second-order valence-corrected chi connectivity index (χ2v) is 3.92. The average Bonchev–Trinajstić information content (AvgIpc) is 2.82.